The molecule has 0 spiro atoms. The minimum atomic E-state index is -0.737. The molecule has 2 aromatic carbocycles. The Labute approximate surface area is 171 Å². The van der Waals surface area contributed by atoms with Crippen LogP contribution in [-0.4, -0.2) is 31.1 Å². The lowest BCUT2D eigenvalue weighted by molar-refractivity contribution is -0.118. The molecule has 1 atom stereocenters. The molecule has 1 aliphatic heterocycles. The van der Waals surface area contributed by atoms with Gasteiger partial charge in [0.2, 0.25) is 5.91 Å². The van der Waals surface area contributed by atoms with Crippen molar-refractivity contribution in [3.63, 3.8) is 0 Å². The first kappa shape index (κ1) is 19.5. The van der Waals surface area contributed by atoms with Crippen molar-refractivity contribution < 1.29 is 23.8 Å². The van der Waals surface area contributed by atoms with Gasteiger partial charge in [-0.05, 0) is 31.2 Å². The van der Waals surface area contributed by atoms with Crippen LogP contribution >= 0.6 is 0 Å². The summed E-state index contributed by atoms with van der Waals surface area (Å²) in [7, 11) is 2.92. The summed E-state index contributed by atoms with van der Waals surface area (Å²) in [4.78, 5) is 40.2. The van der Waals surface area contributed by atoms with E-state index in [0.29, 0.717) is 27.9 Å². The van der Waals surface area contributed by atoms with E-state index in [0.717, 1.165) is 5.69 Å². The number of methoxy groups -OCH3 is 2. The maximum absolute atomic E-state index is 12.6. The van der Waals surface area contributed by atoms with Crippen LogP contribution < -0.4 is 20.2 Å². The Morgan fingerprint density at radius 3 is 2.67 bits per heavy atom. The first-order valence-corrected chi connectivity index (χ1v) is 9.30. The van der Waals surface area contributed by atoms with Crippen molar-refractivity contribution in [2.75, 3.05) is 19.5 Å². The number of nitrogens with one attached hydrogen (secondary N) is 2. The minimum absolute atomic E-state index is 0.0729. The predicted octanol–water partition coefficient (Wildman–Crippen LogP) is 3.09. The maximum Gasteiger partial charge on any atom is 0.343 e. The molecule has 2 heterocycles. The van der Waals surface area contributed by atoms with E-state index in [1.54, 1.807) is 30.3 Å². The molecule has 0 fully saturated rings. The van der Waals surface area contributed by atoms with Gasteiger partial charge in [0.05, 0.1) is 20.6 Å². The topological polar surface area (TPSA) is 107 Å². The lowest BCUT2D eigenvalue weighted by Gasteiger charge is -2.13. The number of aryl methyl sites for hydroxylation is 1. The summed E-state index contributed by atoms with van der Waals surface area (Å²) in [6.07, 6.45) is -0.810. The average Bonchev–Trinajstić information content (AvgIpc) is 3.03. The van der Waals surface area contributed by atoms with Crippen molar-refractivity contribution in [3.8, 4) is 11.5 Å². The molecular weight excluding hydrogens is 388 g/mol. The van der Waals surface area contributed by atoms with Crippen molar-refractivity contribution in [2.24, 2.45) is 0 Å². The predicted molar refractivity (Wildman–Crippen MR) is 110 cm³/mol. The third-order valence-electron chi connectivity index (χ3n) is 5.00. The van der Waals surface area contributed by atoms with Gasteiger partial charge < -0.3 is 24.5 Å². The van der Waals surface area contributed by atoms with Gasteiger partial charge in [0, 0.05) is 33.9 Å². The number of aromatic amines is 1. The molecular formula is C22H20N2O6. The molecule has 8 heteroatoms. The first-order valence-electron chi connectivity index (χ1n) is 9.30. The van der Waals surface area contributed by atoms with Gasteiger partial charge in [-0.3, -0.25) is 9.59 Å². The van der Waals surface area contributed by atoms with Crippen LogP contribution in [0.5, 0.6) is 11.5 Å². The van der Waals surface area contributed by atoms with Crippen LogP contribution in [0.15, 0.2) is 41.2 Å². The van der Waals surface area contributed by atoms with E-state index in [4.69, 9.17) is 14.2 Å². The van der Waals surface area contributed by atoms with E-state index < -0.39 is 12.1 Å². The summed E-state index contributed by atoms with van der Waals surface area (Å²) in [5.41, 5.74) is 2.65. The fourth-order valence-corrected chi connectivity index (χ4v) is 3.66. The largest absolute Gasteiger partial charge is 0.493 e. The summed E-state index contributed by atoms with van der Waals surface area (Å²) in [6, 6.07) is 9.93. The van der Waals surface area contributed by atoms with Crippen molar-refractivity contribution in [2.45, 2.75) is 19.4 Å². The number of amides is 1. The van der Waals surface area contributed by atoms with Crippen molar-refractivity contribution in [1.29, 1.82) is 0 Å². The zero-order chi connectivity index (χ0) is 21.4. The van der Waals surface area contributed by atoms with Crippen LogP contribution in [0.1, 0.15) is 34.1 Å². The van der Waals surface area contributed by atoms with Gasteiger partial charge in [-0.15, -0.1) is 0 Å². The molecule has 0 bridgehead atoms. The second-order valence-electron chi connectivity index (χ2n) is 6.99. The molecule has 1 amide bonds. The molecule has 0 radical (unpaired) electrons. The fourth-order valence-electron chi connectivity index (χ4n) is 3.66. The van der Waals surface area contributed by atoms with Crippen LogP contribution in [0.3, 0.4) is 0 Å². The van der Waals surface area contributed by atoms with E-state index in [9.17, 15) is 14.4 Å². The molecule has 4 rings (SSSR count). The number of carbonyl (C=O) groups is 2. The number of H-pyrrole nitrogens is 1. The highest BCUT2D eigenvalue weighted by Gasteiger charge is 2.36. The number of anilines is 1. The Hall–Kier alpha value is -3.81. The molecule has 30 heavy (non-hydrogen) atoms. The van der Waals surface area contributed by atoms with Crippen LogP contribution in [0, 0.1) is 6.92 Å². The standard InChI is InChI=1S/C22H20N2O6/c1-11-8-16(25)14-9-12(4-6-15(14)23-11)24-19(26)10-18-13-5-7-17(28-2)21(29-3)20(13)22(27)30-18/h4-9,18H,10H2,1-3H3,(H,23,25)(H,24,26)/t18-/m0/s1. The van der Waals surface area contributed by atoms with E-state index >= 15 is 0 Å². The zero-order valence-corrected chi connectivity index (χ0v) is 16.7. The second-order valence-corrected chi connectivity index (χ2v) is 6.99. The number of rotatable bonds is 5. The number of cyclic esters (lactones) is 1. The highest BCUT2D eigenvalue weighted by molar-refractivity contribution is 6.00. The van der Waals surface area contributed by atoms with E-state index in [-0.39, 0.29) is 29.1 Å². The lowest BCUT2D eigenvalue weighted by atomic mass is 10.0. The molecule has 8 nitrogen and oxygen atoms in total. The minimum Gasteiger partial charge on any atom is -0.493 e. The van der Waals surface area contributed by atoms with Crippen LogP contribution in [0.25, 0.3) is 10.9 Å². The molecule has 0 saturated heterocycles. The Kier molecular flexibility index (Phi) is 4.91. The van der Waals surface area contributed by atoms with Crippen molar-refractivity contribution in [3.05, 3.63) is 63.4 Å². The number of esters is 1. The number of pyridine rings is 1. The van der Waals surface area contributed by atoms with Crippen molar-refractivity contribution >= 4 is 28.5 Å². The number of benzene rings is 2. The molecule has 0 unspecified atom stereocenters. The quantitative estimate of drug-likeness (QED) is 0.629. The number of hydrogen-bond donors (Lipinski definition) is 2. The summed E-state index contributed by atoms with van der Waals surface area (Å²) < 4.78 is 15.9. The molecule has 0 saturated carbocycles. The van der Waals surface area contributed by atoms with E-state index in [1.807, 2.05) is 6.92 Å². The molecule has 2 N–H and O–H groups in total. The third kappa shape index (κ3) is 3.36. The van der Waals surface area contributed by atoms with Gasteiger partial charge in [0.25, 0.3) is 0 Å². The first-order chi connectivity index (χ1) is 14.4. The van der Waals surface area contributed by atoms with Gasteiger partial charge in [0.15, 0.2) is 16.9 Å². The number of ether oxygens (including phenoxy) is 3. The monoisotopic (exact) mass is 408 g/mol. The molecule has 0 aliphatic carbocycles. The van der Waals surface area contributed by atoms with E-state index in [2.05, 4.69) is 10.3 Å². The Balaban J connectivity index is 1.56. The Morgan fingerprint density at radius 2 is 1.93 bits per heavy atom. The van der Waals surface area contributed by atoms with Crippen LogP contribution in [0.2, 0.25) is 0 Å². The zero-order valence-electron chi connectivity index (χ0n) is 16.7. The van der Waals surface area contributed by atoms with Gasteiger partial charge in [-0.2, -0.15) is 0 Å². The second kappa shape index (κ2) is 7.55. The summed E-state index contributed by atoms with van der Waals surface area (Å²) >= 11 is 0. The van der Waals surface area contributed by atoms with Crippen molar-refractivity contribution in [1.82, 2.24) is 4.98 Å². The smallest absolute Gasteiger partial charge is 0.343 e. The fraction of sp³-hybridized carbons (Fsp3) is 0.227. The highest BCUT2D eigenvalue weighted by Crippen LogP contribution is 2.43. The van der Waals surface area contributed by atoms with Crippen LogP contribution in [0.4, 0.5) is 5.69 Å². The number of hydrogen-bond acceptors (Lipinski definition) is 6. The van der Waals surface area contributed by atoms with Crippen LogP contribution in [-0.2, 0) is 9.53 Å². The van der Waals surface area contributed by atoms with Gasteiger partial charge >= 0.3 is 5.97 Å². The highest BCUT2D eigenvalue weighted by atomic mass is 16.6. The summed E-state index contributed by atoms with van der Waals surface area (Å²) in [5.74, 6) is -0.216. The normalized spacial score (nSPS) is 14.9. The molecule has 1 aromatic heterocycles. The number of carbonyl (C=O) groups excluding carboxylic acids is 2. The summed E-state index contributed by atoms with van der Waals surface area (Å²) in [5, 5.41) is 3.24. The van der Waals surface area contributed by atoms with E-state index in [1.165, 1.54) is 20.3 Å². The Bertz CT molecular complexity index is 1230. The van der Waals surface area contributed by atoms with Gasteiger partial charge in [0.1, 0.15) is 11.7 Å². The SMILES string of the molecule is COc1ccc2c(c1OC)C(=O)O[C@H]2CC(=O)Nc1ccc2[nH]c(C)cc(=O)c2c1. The molecule has 1 aliphatic rings. The lowest BCUT2D eigenvalue weighted by Crippen LogP contribution is -2.16. The number of aromatic nitrogens is 1. The third-order valence-corrected chi connectivity index (χ3v) is 5.00. The molecule has 154 valence electrons. The number of fused-ring (bicyclic) bond motifs is 2. The van der Waals surface area contributed by atoms with Gasteiger partial charge in [-0.25, -0.2) is 4.79 Å². The maximum atomic E-state index is 12.6. The summed E-state index contributed by atoms with van der Waals surface area (Å²) in [6.45, 7) is 1.81. The Morgan fingerprint density at radius 1 is 1.13 bits per heavy atom. The van der Waals surface area contributed by atoms with Gasteiger partial charge in [-0.1, -0.05) is 6.07 Å². The molecule has 3 aromatic rings. The average molecular weight is 408 g/mol.